The number of nitrogens with one attached hydrogen (secondary N) is 1. The summed E-state index contributed by atoms with van der Waals surface area (Å²) in [6.45, 7) is 5.41. The molecule has 0 radical (unpaired) electrons. The van der Waals surface area contributed by atoms with Crippen molar-refractivity contribution >= 4 is 27.3 Å². The van der Waals surface area contributed by atoms with E-state index in [2.05, 4.69) is 70.1 Å². The maximum absolute atomic E-state index is 3.66. The number of aryl methyl sites for hydroxylation is 1. The minimum Gasteiger partial charge on any atom is -0.310 e. The first kappa shape index (κ1) is 14.8. The summed E-state index contributed by atoms with van der Waals surface area (Å²) < 4.78 is 1.16. The van der Waals surface area contributed by atoms with Gasteiger partial charge in [-0.15, -0.1) is 0 Å². The van der Waals surface area contributed by atoms with Crippen LogP contribution in [0.4, 0.5) is 0 Å². The summed E-state index contributed by atoms with van der Waals surface area (Å²) >= 11 is 5.37. The minimum absolute atomic E-state index is 0.394. The second-order valence-electron chi connectivity index (χ2n) is 4.90. The smallest absolute Gasteiger partial charge is 0.0361 e. The number of rotatable bonds is 6. The molecule has 1 nitrogen and oxygen atoms in total. The number of thiophene rings is 1. The maximum atomic E-state index is 3.66. The van der Waals surface area contributed by atoms with Crippen LogP contribution in [0, 0.1) is 6.92 Å². The summed E-state index contributed by atoms with van der Waals surface area (Å²) in [4.78, 5) is 0. The fraction of sp³-hybridized carbons (Fsp3) is 0.375. The third-order valence-electron chi connectivity index (χ3n) is 3.13. The number of halogens is 1. The van der Waals surface area contributed by atoms with Crippen LogP contribution in [0.2, 0.25) is 0 Å². The highest BCUT2D eigenvalue weighted by Gasteiger charge is 2.12. The molecule has 0 saturated heterocycles. The lowest BCUT2D eigenvalue weighted by Gasteiger charge is -2.19. The Hall–Kier alpha value is -0.640. The molecule has 1 N–H and O–H groups in total. The van der Waals surface area contributed by atoms with E-state index in [1.54, 1.807) is 11.3 Å². The molecule has 1 aromatic carbocycles. The summed E-state index contributed by atoms with van der Waals surface area (Å²) in [7, 11) is 0. The zero-order valence-electron chi connectivity index (χ0n) is 11.4. The lowest BCUT2D eigenvalue weighted by Crippen LogP contribution is -2.24. The van der Waals surface area contributed by atoms with Crippen molar-refractivity contribution in [2.75, 3.05) is 6.54 Å². The third-order valence-corrected chi connectivity index (χ3v) is 4.32. The van der Waals surface area contributed by atoms with Crippen LogP contribution in [-0.4, -0.2) is 6.54 Å². The Bertz CT molecular complexity index is 487. The van der Waals surface area contributed by atoms with Gasteiger partial charge in [-0.1, -0.05) is 28.9 Å². The van der Waals surface area contributed by atoms with Gasteiger partial charge in [-0.05, 0) is 72.0 Å². The number of hydrogen-bond acceptors (Lipinski definition) is 2. The molecule has 1 aromatic heterocycles. The average molecular weight is 338 g/mol. The first-order valence-corrected chi connectivity index (χ1v) is 8.44. The Morgan fingerprint density at radius 2 is 2.16 bits per heavy atom. The average Bonchev–Trinajstić information content (AvgIpc) is 2.86. The van der Waals surface area contributed by atoms with Crippen molar-refractivity contribution in [1.82, 2.24) is 5.32 Å². The van der Waals surface area contributed by atoms with Crippen LogP contribution in [0.5, 0.6) is 0 Å². The highest BCUT2D eigenvalue weighted by atomic mass is 79.9. The van der Waals surface area contributed by atoms with Gasteiger partial charge in [0.25, 0.3) is 0 Å². The van der Waals surface area contributed by atoms with E-state index in [0.29, 0.717) is 6.04 Å². The quantitative estimate of drug-likeness (QED) is 0.772. The third kappa shape index (κ3) is 4.44. The Morgan fingerprint density at radius 3 is 2.79 bits per heavy atom. The highest BCUT2D eigenvalue weighted by Crippen LogP contribution is 2.24. The minimum atomic E-state index is 0.394. The van der Waals surface area contributed by atoms with Crippen LogP contribution in [-0.2, 0) is 6.42 Å². The van der Waals surface area contributed by atoms with Gasteiger partial charge in [-0.25, -0.2) is 0 Å². The molecule has 1 atom stereocenters. The largest absolute Gasteiger partial charge is 0.310 e. The molecule has 0 spiro atoms. The van der Waals surface area contributed by atoms with Crippen molar-refractivity contribution in [3.8, 4) is 0 Å². The van der Waals surface area contributed by atoms with Crippen LogP contribution in [0.25, 0.3) is 0 Å². The van der Waals surface area contributed by atoms with Crippen molar-refractivity contribution in [2.24, 2.45) is 0 Å². The van der Waals surface area contributed by atoms with E-state index in [1.807, 2.05) is 0 Å². The molecule has 0 amide bonds. The van der Waals surface area contributed by atoms with Crippen molar-refractivity contribution < 1.29 is 0 Å². The van der Waals surface area contributed by atoms with Crippen molar-refractivity contribution in [1.29, 1.82) is 0 Å². The molecule has 0 aliphatic rings. The van der Waals surface area contributed by atoms with E-state index in [9.17, 15) is 0 Å². The summed E-state index contributed by atoms with van der Waals surface area (Å²) in [5, 5.41) is 8.05. The Kier molecular flexibility index (Phi) is 5.61. The van der Waals surface area contributed by atoms with E-state index < -0.39 is 0 Å². The lowest BCUT2D eigenvalue weighted by molar-refractivity contribution is 0.529. The summed E-state index contributed by atoms with van der Waals surface area (Å²) in [6.07, 6.45) is 2.21. The van der Waals surface area contributed by atoms with Gasteiger partial charge >= 0.3 is 0 Å². The highest BCUT2D eigenvalue weighted by molar-refractivity contribution is 9.10. The molecule has 0 saturated carbocycles. The van der Waals surface area contributed by atoms with Gasteiger partial charge in [0, 0.05) is 10.5 Å². The second-order valence-corrected chi connectivity index (χ2v) is 6.60. The molecule has 19 heavy (non-hydrogen) atoms. The van der Waals surface area contributed by atoms with Crippen LogP contribution < -0.4 is 5.32 Å². The maximum Gasteiger partial charge on any atom is 0.0361 e. The lowest BCUT2D eigenvalue weighted by atomic mass is 9.99. The molecule has 0 fully saturated rings. The van der Waals surface area contributed by atoms with Gasteiger partial charge in [0.2, 0.25) is 0 Å². The van der Waals surface area contributed by atoms with Gasteiger partial charge in [0.15, 0.2) is 0 Å². The van der Waals surface area contributed by atoms with Gasteiger partial charge in [-0.3, -0.25) is 0 Å². The van der Waals surface area contributed by atoms with E-state index in [4.69, 9.17) is 0 Å². The molecule has 1 unspecified atom stereocenters. The molecule has 2 rings (SSSR count). The first-order chi connectivity index (χ1) is 9.19. The fourth-order valence-corrected chi connectivity index (χ4v) is 3.54. The van der Waals surface area contributed by atoms with E-state index in [0.717, 1.165) is 23.9 Å². The first-order valence-electron chi connectivity index (χ1n) is 6.70. The zero-order chi connectivity index (χ0) is 13.7. The summed E-state index contributed by atoms with van der Waals surface area (Å²) in [6, 6.07) is 9.28. The normalized spacial score (nSPS) is 12.6. The fourth-order valence-electron chi connectivity index (χ4n) is 2.24. The molecule has 0 aliphatic carbocycles. The Morgan fingerprint density at radius 1 is 1.32 bits per heavy atom. The van der Waals surface area contributed by atoms with Crippen molar-refractivity contribution in [3.05, 3.63) is 56.2 Å². The monoisotopic (exact) mass is 337 g/mol. The van der Waals surface area contributed by atoms with Crippen molar-refractivity contribution in [3.63, 3.8) is 0 Å². The molecule has 3 heteroatoms. The zero-order valence-corrected chi connectivity index (χ0v) is 13.9. The van der Waals surface area contributed by atoms with Crippen LogP contribution in [0.15, 0.2) is 39.5 Å². The van der Waals surface area contributed by atoms with Gasteiger partial charge < -0.3 is 5.32 Å². The Labute approximate surface area is 128 Å². The molecule has 2 aromatic rings. The topological polar surface area (TPSA) is 12.0 Å². The standard InChI is InChI=1S/C16H20BrNS/c1-3-5-18-16(9-13-4-6-19-11-13)14-7-12(2)8-15(17)10-14/h4,6-8,10-11,16,18H,3,5,9H2,1-2H3. The number of benzene rings is 1. The van der Waals surface area contributed by atoms with Crippen LogP contribution >= 0.6 is 27.3 Å². The van der Waals surface area contributed by atoms with Crippen LogP contribution in [0.1, 0.15) is 36.1 Å². The van der Waals surface area contributed by atoms with Gasteiger partial charge in [0.1, 0.15) is 0 Å². The number of hydrogen-bond donors (Lipinski definition) is 1. The van der Waals surface area contributed by atoms with Crippen LogP contribution in [0.3, 0.4) is 0 Å². The van der Waals surface area contributed by atoms with Crippen molar-refractivity contribution in [2.45, 2.75) is 32.7 Å². The molecule has 102 valence electrons. The molecule has 0 bridgehead atoms. The Balaban J connectivity index is 2.20. The van der Waals surface area contributed by atoms with E-state index >= 15 is 0 Å². The van der Waals surface area contributed by atoms with Gasteiger partial charge in [-0.2, -0.15) is 11.3 Å². The van der Waals surface area contributed by atoms with E-state index in [1.165, 1.54) is 16.7 Å². The molecule has 0 aliphatic heterocycles. The van der Waals surface area contributed by atoms with E-state index in [-0.39, 0.29) is 0 Å². The molecular weight excluding hydrogens is 318 g/mol. The second kappa shape index (κ2) is 7.22. The molecule has 1 heterocycles. The molecular formula is C16H20BrNS. The summed E-state index contributed by atoms with van der Waals surface area (Å²) in [5.41, 5.74) is 4.08. The summed E-state index contributed by atoms with van der Waals surface area (Å²) in [5.74, 6) is 0. The predicted molar refractivity (Wildman–Crippen MR) is 87.9 cm³/mol. The van der Waals surface area contributed by atoms with Gasteiger partial charge in [0.05, 0.1) is 0 Å². The SMILES string of the molecule is CCCNC(Cc1ccsc1)c1cc(C)cc(Br)c1. The predicted octanol–water partition coefficient (Wildman–Crippen LogP) is 5.10.